The number of carbonyl (C=O) groups excluding carboxylic acids is 3. The van der Waals surface area contributed by atoms with Crippen LogP contribution in [-0.2, 0) is 14.4 Å². The summed E-state index contributed by atoms with van der Waals surface area (Å²) in [5.41, 5.74) is 1.35. The van der Waals surface area contributed by atoms with Crippen molar-refractivity contribution in [2.24, 2.45) is 0 Å². The average Bonchev–Trinajstić information content (AvgIpc) is 2.69. The molecule has 0 unspecified atom stereocenters. The zero-order valence-electron chi connectivity index (χ0n) is 10.3. The van der Waals surface area contributed by atoms with Crippen LogP contribution in [0.3, 0.4) is 0 Å². The Morgan fingerprint density at radius 1 is 1.16 bits per heavy atom. The predicted molar refractivity (Wildman–Crippen MR) is 73.2 cm³/mol. The number of anilines is 2. The Bertz CT molecular complexity index is 678. The molecule has 1 aromatic carbocycles. The molecule has 7 heteroatoms. The highest BCUT2D eigenvalue weighted by atomic mass is 32.1. The molecule has 2 N–H and O–H groups in total. The Morgan fingerprint density at radius 2 is 1.89 bits per heavy atom. The van der Waals surface area contributed by atoms with E-state index in [0.29, 0.717) is 16.3 Å². The summed E-state index contributed by atoms with van der Waals surface area (Å²) in [6.07, 6.45) is 0. The maximum Gasteiger partial charge on any atom is 0.293 e. The van der Waals surface area contributed by atoms with Crippen LogP contribution in [0.1, 0.15) is 13.8 Å². The van der Waals surface area contributed by atoms with Crippen LogP contribution in [0, 0.1) is 0 Å². The Balaban J connectivity index is 2.27. The molecule has 0 fully saturated rings. The molecule has 0 bridgehead atoms. The van der Waals surface area contributed by atoms with E-state index in [1.54, 1.807) is 18.2 Å². The van der Waals surface area contributed by atoms with Crippen molar-refractivity contribution < 1.29 is 14.4 Å². The third-order valence-electron chi connectivity index (χ3n) is 2.25. The van der Waals surface area contributed by atoms with E-state index in [1.807, 2.05) is 0 Å². The maximum absolute atomic E-state index is 11.3. The standard InChI is InChI=1S/C12H11N3O3S/c1-6(16)11(18)15-12-14-9-4-3-8(13-7(2)17)5-10(9)19-12/h3-5H,1-2H3,(H,13,17)(H,14,15,18). The number of aromatic nitrogens is 1. The molecule has 0 radical (unpaired) electrons. The van der Waals surface area contributed by atoms with Crippen molar-refractivity contribution in [1.82, 2.24) is 4.98 Å². The van der Waals surface area contributed by atoms with Crippen LogP contribution in [-0.4, -0.2) is 22.6 Å². The Labute approximate surface area is 112 Å². The third kappa shape index (κ3) is 3.14. The van der Waals surface area contributed by atoms with Gasteiger partial charge < -0.3 is 5.32 Å². The van der Waals surface area contributed by atoms with Gasteiger partial charge in [0.2, 0.25) is 11.7 Å². The van der Waals surface area contributed by atoms with Gasteiger partial charge in [0.05, 0.1) is 10.2 Å². The van der Waals surface area contributed by atoms with Crippen LogP contribution in [0.15, 0.2) is 18.2 Å². The van der Waals surface area contributed by atoms with Crippen LogP contribution in [0.5, 0.6) is 0 Å². The smallest absolute Gasteiger partial charge is 0.293 e. The second-order valence-electron chi connectivity index (χ2n) is 3.89. The maximum atomic E-state index is 11.3. The van der Waals surface area contributed by atoms with E-state index in [1.165, 1.54) is 25.2 Å². The number of thiazole rings is 1. The van der Waals surface area contributed by atoms with Crippen LogP contribution in [0.25, 0.3) is 10.2 Å². The second-order valence-corrected chi connectivity index (χ2v) is 4.92. The van der Waals surface area contributed by atoms with Gasteiger partial charge in [0.1, 0.15) is 0 Å². The van der Waals surface area contributed by atoms with Crippen LogP contribution < -0.4 is 10.6 Å². The van der Waals surface area contributed by atoms with Crippen molar-refractivity contribution in [3.8, 4) is 0 Å². The van der Waals surface area contributed by atoms with Gasteiger partial charge in [-0.3, -0.25) is 19.7 Å². The fourth-order valence-electron chi connectivity index (χ4n) is 1.44. The van der Waals surface area contributed by atoms with Crippen molar-refractivity contribution >= 4 is 50.0 Å². The molecule has 2 aromatic rings. The van der Waals surface area contributed by atoms with Gasteiger partial charge in [0.15, 0.2) is 5.13 Å². The van der Waals surface area contributed by atoms with E-state index >= 15 is 0 Å². The number of benzene rings is 1. The molecule has 0 saturated heterocycles. The zero-order valence-corrected chi connectivity index (χ0v) is 11.1. The number of ketones is 1. The Kier molecular flexibility index (Phi) is 3.57. The van der Waals surface area contributed by atoms with Crippen molar-refractivity contribution in [1.29, 1.82) is 0 Å². The summed E-state index contributed by atoms with van der Waals surface area (Å²) in [4.78, 5) is 37.2. The van der Waals surface area contributed by atoms with E-state index in [9.17, 15) is 14.4 Å². The summed E-state index contributed by atoms with van der Waals surface area (Å²) in [6, 6.07) is 5.22. The van der Waals surface area contributed by atoms with Crippen molar-refractivity contribution in [2.45, 2.75) is 13.8 Å². The molecule has 1 heterocycles. The minimum Gasteiger partial charge on any atom is -0.326 e. The van der Waals surface area contributed by atoms with Gasteiger partial charge >= 0.3 is 0 Å². The Hall–Kier alpha value is -2.28. The molecule has 98 valence electrons. The van der Waals surface area contributed by atoms with E-state index in [0.717, 1.165) is 4.70 Å². The molecule has 0 saturated carbocycles. The molecule has 2 rings (SSSR count). The molecule has 0 aliphatic heterocycles. The quantitative estimate of drug-likeness (QED) is 0.837. The molecular weight excluding hydrogens is 266 g/mol. The molecule has 6 nitrogen and oxygen atoms in total. The number of nitrogens with one attached hydrogen (secondary N) is 2. The van der Waals surface area contributed by atoms with Crippen molar-refractivity contribution in [3.63, 3.8) is 0 Å². The summed E-state index contributed by atoms with van der Waals surface area (Å²) in [7, 11) is 0. The monoisotopic (exact) mass is 277 g/mol. The number of rotatable bonds is 3. The molecule has 0 aliphatic carbocycles. The van der Waals surface area contributed by atoms with Gasteiger partial charge in [-0.1, -0.05) is 11.3 Å². The van der Waals surface area contributed by atoms with Gasteiger partial charge in [-0.2, -0.15) is 0 Å². The normalized spacial score (nSPS) is 10.2. The van der Waals surface area contributed by atoms with Crippen LogP contribution >= 0.6 is 11.3 Å². The van der Waals surface area contributed by atoms with Gasteiger partial charge in [-0.25, -0.2) is 4.98 Å². The summed E-state index contributed by atoms with van der Waals surface area (Å²) in [6.45, 7) is 2.62. The van der Waals surface area contributed by atoms with Crippen LogP contribution in [0.4, 0.5) is 10.8 Å². The highest BCUT2D eigenvalue weighted by molar-refractivity contribution is 7.22. The first-order valence-corrected chi connectivity index (χ1v) is 6.27. The fourth-order valence-corrected chi connectivity index (χ4v) is 2.34. The number of hydrogen-bond donors (Lipinski definition) is 2. The molecule has 2 amide bonds. The lowest BCUT2D eigenvalue weighted by atomic mass is 10.3. The van der Waals surface area contributed by atoms with Crippen LogP contribution in [0.2, 0.25) is 0 Å². The summed E-state index contributed by atoms with van der Waals surface area (Å²) < 4.78 is 0.810. The van der Waals surface area contributed by atoms with Gasteiger partial charge in [0, 0.05) is 19.5 Å². The number of Topliss-reactive ketones (excluding diaryl/α,β-unsaturated/α-hetero) is 1. The number of carbonyl (C=O) groups is 3. The highest BCUT2D eigenvalue weighted by Crippen LogP contribution is 2.28. The van der Waals surface area contributed by atoms with Gasteiger partial charge in [0.25, 0.3) is 5.91 Å². The third-order valence-corrected chi connectivity index (χ3v) is 3.18. The lowest BCUT2D eigenvalue weighted by Gasteiger charge is -1.99. The Morgan fingerprint density at radius 3 is 2.53 bits per heavy atom. The summed E-state index contributed by atoms with van der Waals surface area (Å²) >= 11 is 1.24. The minimum absolute atomic E-state index is 0.158. The lowest BCUT2D eigenvalue weighted by molar-refractivity contribution is -0.133. The SMILES string of the molecule is CC(=O)Nc1ccc2nc(NC(=O)C(C)=O)sc2c1. The largest absolute Gasteiger partial charge is 0.326 e. The topological polar surface area (TPSA) is 88.2 Å². The van der Waals surface area contributed by atoms with Crippen molar-refractivity contribution in [3.05, 3.63) is 18.2 Å². The number of amides is 2. The summed E-state index contributed by atoms with van der Waals surface area (Å²) in [5, 5.41) is 5.44. The zero-order chi connectivity index (χ0) is 14.0. The van der Waals surface area contributed by atoms with E-state index in [-0.39, 0.29) is 5.91 Å². The van der Waals surface area contributed by atoms with Crippen molar-refractivity contribution in [2.75, 3.05) is 10.6 Å². The number of hydrogen-bond acceptors (Lipinski definition) is 5. The first kappa shape index (κ1) is 13.2. The number of fused-ring (bicyclic) bond motifs is 1. The highest BCUT2D eigenvalue weighted by Gasteiger charge is 2.11. The van der Waals surface area contributed by atoms with Gasteiger partial charge in [-0.05, 0) is 18.2 Å². The first-order valence-electron chi connectivity index (χ1n) is 5.46. The second kappa shape index (κ2) is 5.15. The molecule has 0 spiro atoms. The molecule has 0 atom stereocenters. The average molecular weight is 277 g/mol. The summed E-state index contributed by atoms with van der Waals surface area (Å²) in [5.74, 6) is -1.42. The molecule has 19 heavy (non-hydrogen) atoms. The molecular formula is C12H11N3O3S. The molecule has 1 aromatic heterocycles. The number of nitrogens with zero attached hydrogens (tertiary/aromatic N) is 1. The predicted octanol–water partition coefficient (Wildman–Crippen LogP) is 1.78. The van der Waals surface area contributed by atoms with Gasteiger partial charge in [-0.15, -0.1) is 0 Å². The lowest BCUT2D eigenvalue weighted by Crippen LogP contribution is -2.19. The minimum atomic E-state index is -0.693. The molecule has 0 aliphatic rings. The first-order chi connectivity index (χ1) is 8.95. The van der Waals surface area contributed by atoms with E-state index < -0.39 is 11.7 Å². The fraction of sp³-hybridized carbons (Fsp3) is 0.167. The van der Waals surface area contributed by atoms with E-state index in [2.05, 4.69) is 15.6 Å². The van der Waals surface area contributed by atoms with E-state index in [4.69, 9.17) is 0 Å².